The molecule has 0 aliphatic carbocycles. The molecule has 0 heterocycles. The van der Waals surface area contributed by atoms with Gasteiger partial charge in [0.2, 0.25) is 0 Å². The minimum absolute atomic E-state index is 0.197. The largest absolute Gasteiger partial charge is 0.481 e. The number of carboxylic acids is 1. The fraction of sp³-hybridized carbons (Fsp3) is 0.273. The third-order valence-electron chi connectivity index (χ3n) is 1.97. The van der Waals surface area contributed by atoms with Crippen LogP contribution < -0.4 is 0 Å². The number of benzene rings is 1. The summed E-state index contributed by atoms with van der Waals surface area (Å²) in [7, 11) is 0. The van der Waals surface area contributed by atoms with Crippen LogP contribution >= 0.6 is 15.9 Å². The minimum atomic E-state index is -0.989. The molecule has 1 aromatic carbocycles. The Bertz CT molecular complexity index is 370. The highest BCUT2D eigenvalue weighted by Gasteiger charge is 2.19. The van der Waals surface area contributed by atoms with Crippen molar-refractivity contribution in [1.82, 2.24) is 0 Å². The molecule has 15 heavy (non-hydrogen) atoms. The van der Waals surface area contributed by atoms with Gasteiger partial charge in [0, 0.05) is 5.56 Å². The number of aryl methyl sites for hydroxylation is 1. The molecule has 1 unspecified atom stereocenters. The Balaban J connectivity index is 2.76. The number of ketones is 1. The van der Waals surface area contributed by atoms with E-state index in [1.807, 2.05) is 19.1 Å². The van der Waals surface area contributed by atoms with Crippen molar-refractivity contribution < 1.29 is 14.7 Å². The average molecular weight is 271 g/mol. The van der Waals surface area contributed by atoms with Gasteiger partial charge in [-0.05, 0) is 6.92 Å². The van der Waals surface area contributed by atoms with Crippen LogP contribution in [0.25, 0.3) is 0 Å². The highest BCUT2D eigenvalue weighted by molar-refractivity contribution is 9.10. The molecule has 0 saturated carbocycles. The molecule has 1 aromatic rings. The Kier molecular flexibility index (Phi) is 4.03. The summed E-state index contributed by atoms with van der Waals surface area (Å²) in [6.07, 6.45) is -0.202. The minimum Gasteiger partial charge on any atom is -0.481 e. The molecule has 0 amide bonds. The van der Waals surface area contributed by atoms with Gasteiger partial charge in [0.25, 0.3) is 0 Å². The van der Waals surface area contributed by atoms with E-state index in [1.165, 1.54) is 0 Å². The molecule has 80 valence electrons. The Hall–Kier alpha value is -1.16. The lowest BCUT2D eigenvalue weighted by molar-refractivity contribution is -0.136. The van der Waals surface area contributed by atoms with E-state index in [1.54, 1.807) is 12.1 Å². The molecule has 0 aromatic heterocycles. The predicted molar refractivity (Wildman–Crippen MR) is 60.5 cm³/mol. The van der Waals surface area contributed by atoms with E-state index in [0.717, 1.165) is 5.56 Å². The number of rotatable bonds is 4. The van der Waals surface area contributed by atoms with Crippen molar-refractivity contribution in [3.63, 3.8) is 0 Å². The second kappa shape index (κ2) is 5.07. The number of halogens is 1. The van der Waals surface area contributed by atoms with E-state index < -0.39 is 10.8 Å². The topological polar surface area (TPSA) is 54.4 Å². The van der Waals surface area contributed by atoms with Gasteiger partial charge >= 0.3 is 5.97 Å². The molecule has 0 aliphatic heterocycles. The van der Waals surface area contributed by atoms with E-state index in [-0.39, 0.29) is 12.2 Å². The zero-order valence-corrected chi connectivity index (χ0v) is 9.82. The Morgan fingerprint density at radius 1 is 1.33 bits per heavy atom. The molecule has 4 heteroatoms. The zero-order valence-electron chi connectivity index (χ0n) is 8.24. The van der Waals surface area contributed by atoms with Crippen molar-refractivity contribution in [2.45, 2.75) is 18.2 Å². The smallest absolute Gasteiger partial charge is 0.304 e. The molecule has 0 fully saturated rings. The Labute approximate surface area is 96.2 Å². The van der Waals surface area contributed by atoms with Crippen LogP contribution in [0.2, 0.25) is 0 Å². The first-order chi connectivity index (χ1) is 7.00. The van der Waals surface area contributed by atoms with Crippen molar-refractivity contribution >= 4 is 27.7 Å². The summed E-state index contributed by atoms with van der Waals surface area (Å²) in [5, 5.41) is 8.54. The molecule has 1 N–H and O–H groups in total. The van der Waals surface area contributed by atoms with Gasteiger partial charge in [-0.15, -0.1) is 0 Å². The molecule has 3 nitrogen and oxygen atoms in total. The van der Waals surface area contributed by atoms with Crippen LogP contribution in [0, 0.1) is 6.92 Å². The summed E-state index contributed by atoms with van der Waals surface area (Å²) in [5.74, 6) is -1.19. The van der Waals surface area contributed by atoms with Crippen molar-refractivity contribution in [1.29, 1.82) is 0 Å². The Morgan fingerprint density at radius 3 is 2.33 bits per heavy atom. The molecule has 0 aliphatic rings. The zero-order chi connectivity index (χ0) is 11.4. The lowest BCUT2D eigenvalue weighted by Gasteiger charge is -2.06. The number of carbonyl (C=O) groups is 2. The lowest BCUT2D eigenvalue weighted by Crippen LogP contribution is -2.18. The number of hydrogen-bond donors (Lipinski definition) is 1. The summed E-state index contributed by atoms with van der Waals surface area (Å²) >= 11 is 3.07. The number of hydrogen-bond acceptors (Lipinski definition) is 2. The van der Waals surface area contributed by atoms with Crippen molar-refractivity contribution in [2.24, 2.45) is 0 Å². The summed E-state index contributed by atoms with van der Waals surface area (Å²) < 4.78 is 0. The van der Waals surface area contributed by atoms with Crippen molar-refractivity contribution in [3.05, 3.63) is 35.4 Å². The SMILES string of the molecule is Cc1ccc(C(=O)C(Br)CC(=O)O)cc1. The molecule has 0 saturated heterocycles. The molecule has 0 radical (unpaired) electrons. The first-order valence-corrected chi connectivity index (χ1v) is 5.39. The molecule has 0 spiro atoms. The quantitative estimate of drug-likeness (QED) is 0.675. The highest BCUT2D eigenvalue weighted by Crippen LogP contribution is 2.14. The molecular weight excluding hydrogens is 260 g/mol. The van der Waals surface area contributed by atoms with Crippen LogP contribution in [-0.2, 0) is 4.79 Å². The summed E-state index contributed by atoms with van der Waals surface area (Å²) in [6.45, 7) is 1.93. The first-order valence-electron chi connectivity index (χ1n) is 4.47. The average Bonchev–Trinajstić information content (AvgIpc) is 2.17. The van der Waals surface area contributed by atoms with E-state index in [2.05, 4.69) is 15.9 Å². The van der Waals surface area contributed by atoms with Crippen LogP contribution in [-0.4, -0.2) is 21.7 Å². The fourth-order valence-corrected chi connectivity index (χ4v) is 1.69. The number of Topliss-reactive ketones (excluding diaryl/α,β-unsaturated/α-hetero) is 1. The number of alkyl halides is 1. The summed E-state index contributed by atoms with van der Waals surface area (Å²) in [4.78, 5) is 21.4. The lowest BCUT2D eigenvalue weighted by atomic mass is 10.1. The van der Waals surface area contributed by atoms with Gasteiger partial charge in [-0.2, -0.15) is 0 Å². The normalized spacial score (nSPS) is 12.1. The van der Waals surface area contributed by atoms with E-state index in [4.69, 9.17) is 5.11 Å². The van der Waals surface area contributed by atoms with Gasteiger partial charge in [-0.25, -0.2) is 0 Å². The van der Waals surface area contributed by atoms with Crippen molar-refractivity contribution in [3.8, 4) is 0 Å². The number of carboxylic acid groups (broad SMARTS) is 1. The standard InChI is InChI=1S/C11H11BrO3/c1-7-2-4-8(5-3-7)11(15)9(12)6-10(13)14/h2-5,9H,6H2,1H3,(H,13,14). The van der Waals surface area contributed by atoms with Gasteiger partial charge in [0.1, 0.15) is 0 Å². The van der Waals surface area contributed by atoms with Gasteiger partial charge in [-0.1, -0.05) is 45.8 Å². The summed E-state index contributed by atoms with van der Waals surface area (Å²) in [6, 6.07) is 7.06. The summed E-state index contributed by atoms with van der Waals surface area (Å²) in [5.41, 5.74) is 1.60. The molecule has 1 rings (SSSR count). The van der Waals surface area contributed by atoms with Gasteiger partial charge in [0.05, 0.1) is 11.2 Å². The maximum atomic E-state index is 11.7. The second-order valence-electron chi connectivity index (χ2n) is 3.30. The Morgan fingerprint density at radius 2 is 1.87 bits per heavy atom. The van der Waals surface area contributed by atoms with Crippen LogP contribution in [0.1, 0.15) is 22.3 Å². The maximum Gasteiger partial charge on any atom is 0.304 e. The van der Waals surface area contributed by atoms with Gasteiger partial charge in [0.15, 0.2) is 5.78 Å². The fourth-order valence-electron chi connectivity index (χ4n) is 1.14. The monoisotopic (exact) mass is 270 g/mol. The highest BCUT2D eigenvalue weighted by atomic mass is 79.9. The molecule has 1 atom stereocenters. The van der Waals surface area contributed by atoms with Gasteiger partial charge in [-0.3, -0.25) is 9.59 Å². The predicted octanol–water partition coefficient (Wildman–Crippen LogP) is 2.42. The van der Waals surface area contributed by atoms with Crippen molar-refractivity contribution in [2.75, 3.05) is 0 Å². The first kappa shape index (κ1) is 11.9. The van der Waals surface area contributed by atoms with Gasteiger partial charge < -0.3 is 5.11 Å². The second-order valence-corrected chi connectivity index (χ2v) is 4.40. The van der Waals surface area contributed by atoms with E-state index >= 15 is 0 Å². The third kappa shape index (κ3) is 3.47. The van der Waals surface area contributed by atoms with E-state index in [9.17, 15) is 9.59 Å². The number of carbonyl (C=O) groups excluding carboxylic acids is 1. The maximum absolute atomic E-state index is 11.7. The van der Waals surface area contributed by atoms with E-state index in [0.29, 0.717) is 5.56 Å². The third-order valence-corrected chi connectivity index (χ3v) is 2.71. The van der Waals surface area contributed by atoms with Crippen LogP contribution in [0.4, 0.5) is 0 Å². The van der Waals surface area contributed by atoms with Crippen LogP contribution in [0.15, 0.2) is 24.3 Å². The van der Waals surface area contributed by atoms with Crippen LogP contribution in [0.3, 0.4) is 0 Å². The van der Waals surface area contributed by atoms with Crippen LogP contribution in [0.5, 0.6) is 0 Å². The molecular formula is C11H11BrO3. The number of aliphatic carboxylic acids is 1. The molecule has 0 bridgehead atoms.